The quantitative estimate of drug-likeness (QED) is 0.0139. The van der Waals surface area contributed by atoms with Crippen LogP contribution in [0.15, 0.2) is 289 Å². The summed E-state index contributed by atoms with van der Waals surface area (Å²) in [5.74, 6) is 1.17. The summed E-state index contributed by atoms with van der Waals surface area (Å²) in [7, 11) is 19.7. The molecule has 0 amide bonds. The molecule has 0 aliphatic rings. The number of nitrogens with zero attached hydrogens (tertiary/aromatic N) is 1. The van der Waals surface area contributed by atoms with Gasteiger partial charge in [0.1, 0.15) is 21.5 Å². The molecule has 0 aliphatic heterocycles. The van der Waals surface area contributed by atoms with Crippen LogP contribution < -0.4 is 24.8 Å². The van der Waals surface area contributed by atoms with E-state index in [0.717, 1.165) is 73.1 Å². The molecule has 0 aromatic heterocycles. The van der Waals surface area contributed by atoms with Gasteiger partial charge in [0.15, 0.2) is 0 Å². The Morgan fingerprint density at radius 1 is 0.427 bits per heavy atom. The van der Waals surface area contributed by atoms with E-state index in [-0.39, 0.29) is 109 Å². The molecule has 14 nitrogen and oxygen atoms in total. The summed E-state index contributed by atoms with van der Waals surface area (Å²) < 4.78 is 83.3. The fraction of sp³-hybridized carbons (Fsp3) is 0.226. The maximum absolute atomic E-state index is 13.5. The van der Waals surface area contributed by atoms with Crippen molar-refractivity contribution in [2.24, 2.45) is 0 Å². The molecule has 4 unspecified atom stereocenters. The molecular formula is C84H102Cl5I2N4O10Ru3S2-. The van der Waals surface area contributed by atoms with Crippen LogP contribution >= 0.6 is 93.6 Å². The van der Waals surface area contributed by atoms with E-state index in [2.05, 4.69) is 99.2 Å². The Labute approximate surface area is 731 Å². The van der Waals surface area contributed by atoms with Crippen LogP contribution in [-0.2, 0) is 90.0 Å². The maximum atomic E-state index is 13.5. The predicted molar refractivity (Wildman–Crippen MR) is 468 cm³/mol. The SMILES string of the molecule is C.C.C.CCOC(=O)c1ccccc1.CCOC(=O)c1ccccc1.COc1ccc(CCCNC(c2ccccc2)C(NS(=O)(=O)c2ccc(I)cc2)c2ccccc2)cc1.COc1ccc(CCCNC(c2ccccc2)C([N-]S(=O)(=O)c2ccc(I)cc2)c2ccccc2)cc1.[CH3-].[CH3-].[CH3-].[Cl][Ru+3].[Cl][Ru][Cl].[Cl][Ru][Cl]. The van der Waals surface area contributed by atoms with Gasteiger partial charge in [-0.3, -0.25) is 0 Å². The van der Waals surface area contributed by atoms with Gasteiger partial charge in [-0.15, -0.1) is 0 Å². The van der Waals surface area contributed by atoms with Crippen LogP contribution in [0.5, 0.6) is 11.5 Å². The predicted octanol–water partition coefficient (Wildman–Crippen LogP) is 23.8. The van der Waals surface area contributed by atoms with Crippen LogP contribution in [0.1, 0.15) is 127 Å². The van der Waals surface area contributed by atoms with Crippen LogP contribution in [0.4, 0.5) is 0 Å². The fourth-order valence-corrected chi connectivity index (χ4v) is 13.1. The molecule has 0 heterocycles. The van der Waals surface area contributed by atoms with Crippen molar-refractivity contribution in [2.45, 2.75) is 95.8 Å². The third-order valence-electron chi connectivity index (χ3n) is 14.9. The van der Waals surface area contributed by atoms with Gasteiger partial charge in [-0.25, -0.2) is 31.1 Å². The summed E-state index contributed by atoms with van der Waals surface area (Å²) in [5, 5.41) is 7.28. The molecule has 3 N–H and O–H groups in total. The van der Waals surface area contributed by atoms with Crippen LogP contribution in [-0.4, -0.2) is 69.3 Å². The number of hydrogen-bond acceptors (Lipinski definition) is 12. The number of methoxy groups -OCH3 is 2. The second-order valence-corrected chi connectivity index (χ2v) is 32.8. The van der Waals surface area contributed by atoms with Crippen molar-refractivity contribution in [3.8, 4) is 11.5 Å². The van der Waals surface area contributed by atoms with E-state index < -0.39 is 32.1 Å². The summed E-state index contributed by atoms with van der Waals surface area (Å²) in [4.78, 5) is 22.5. The second-order valence-electron chi connectivity index (χ2n) is 21.7. The van der Waals surface area contributed by atoms with E-state index >= 15 is 0 Å². The van der Waals surface area contributed by atoms with Gasteiger partial charge in [0.25, 0.3) is 0 Å². The molecule has 0 saturated heterocycles. The molecule has 0 spiro atoms. The van der Waals surface area contributed by atoms with Crippen molar-refractivity contribution >= 4 is 126 Å². The summed E-state index contributed by atoms with van der Waals surface area (Å²) in [6, 6.07) is 85.4. The third-order valence-corrected chi connectivity index (χ3v) is 19.2. The van der Waals surface area contributed by atoms with E-state index in [1.807, 2.05) is 199 Å². The first-order valence-electron chi connectivity index (χ1n) is 32.1. The number of nitrogens with one attached hydrogen (secondary N) is 3. The molecule has 0 saturated carbocycles. The number of ether oxygens (including phenoxy) is 4. The Balaban J connectivity index is -0.00000146. The number of sulfonamides is 2. The molecule has 604 valence electrons. The molecule has 0 bridgehead atoms. The number of hydrogen-bond donors (Lipinski definition) is 3. The first kappa shape index (κ1) is 109. The zero-order chi connectivity index (χ0) is 75.8. The van der Waals surface area contributed by atoms with Gasteiger partial charge in [-0.05, 0) is 223 Å². The normalized spacial score (nSPS) is 11.1. The first-order valence-corrected chi connectivity index (χ1v) is 48.4. The van der Waals surface area contributed by atoms with Crippen LogP contribution in [0.25, 0.3) is 4.72 Å². The number of esters is 2. The Kier molecular flexibility index (Phi) is 64.2. The summed E-state index contributed by atoms with van der Waals surface area (Å²) >= 11 is 5.47. The van der Waals surface area contributed by atoms with E-state index in [1.165, 1.54) is 11.1 Å². The summed E-state index contributed by atoms with van der Waals surface area (Å²) in [5.41, 5.74) is 7.42. The average Bonchev–Trinajstić information content (AvgIpc) is 0.805. The molecule has 10 rings (SSSR count). The zero-order valence-corrected chi connectivity index (χ0v) is 75.0. The van der Waals surface area contributed by atoms with E-state index in [1.54, 1.807) is 101 Å². The standard InChI is InChI=1S/C30H31IN2O3S.C30H30IN2O3S.2C9H10O2.3CH4.3CH3.5ClH.3Ru/c2*1-36-27-18-14-23(15-19-27)9-8-22-32-29(24-10-4-2-5-11-24)30(25-12-6-3-7-13-25)33-37(34,35)28-20-16-26(31)17-21-28;2*1-2-11-9(10)8-6-4-3-5-7-8;;;;;;;;;;;;;;/h2-7,10-21,29-30,32-33H,8-9,22H2,1H3;2-7,10-21,29-30,32H,8-9,22H2,1H3;2*3-7H,2H2,1H3;3*1H4;3*1H3;5*1H;;;/q;-1;;;;;;3*-1;;;;;;2*+2;+4/p-5. The molecule has 0 radical (unpaired) electrons. The van der Waals surface area contributed by atoms with Crippen molar-refractivity contribution in [3.63, 3.8) is 0 Å². The summed E-state index contributed by atoms with van der Waals surface area (Å²) in [6.45, 7) is 5.86. The number of benzene rings is 10. The van der Waals surface area contributed by atoms with Gasteiger partial charge in [-0.1, -0.05) is 216 Å². The molecule has 26 heteroatoms. The van der Waals surface area contributed by atoms with Crippen molar-refractivity contribution < 1.29 is 93.0 Å². The number of aryl methyl sites for hydroxylation is 2. The summed E-state index contributed by atoms with van der Waals surface area (Å²) in [6.07, 6.45) is 3.59. The Morgan fingerprint density at radius 2 is 0.718 bits per heavy atom. The van der Waals surface area contributed by atoms with Crippen LogP contribution in [0.2, 0.25) is 0 Å². The van der Waals surface area contributed by atoms with Crippen molar-refractivity contribution in [1.29, 1.82) is 0 Å². The van der Waals surface area contributed by atoms with Crippen LogP contribution in [0.3, 0.4) is 0 Å². The minimum atomic E-state index is -3.89. The number of rotatable bonds is 28. The van der Waals surface area contributed by atoms with Crippen molar-refractivity contribution in [1.82, 2.24) is 15.4 Å². The molecule has 10 aromatic rings. The fourth-order valence-electron chi connectivity index (χ4n) is 10.0. The molecule has 0 aliphatic carbocycles. The molecule has 0 fully saturated rings. The van der Waals surface area contributed by atoms with Gasteiger partial charge in [-0.2, -0.15) is 0 Å². The Hall–Kier alpha value is -4.74. The van der Waals surface area contributed by atoms with Gasteiger partial charge >= 0.3 is 108 Å². The molecule has 4 atom stereocenters. The van der Waals surface area contributed by atoms with Crippen molar-refractivity contribution in [2.75, 3.05) is 40.5 Å². The zero-order valence-electron chi connectivity index (χ0n) is 60.1. The first-order chi connectivity index (χ1) is 50.4. The number of halogens is 7. The minimum absolute atomic E-state index is 0. The molecule has 10 aromatic carbocycles. The Bertz CT molecular complexity index is 3900. The number of carbonyl (C=O) groups excluding carboxylic acids is 2. The van der Waals surface area contributed by atoms with E-state index in [0.29, 0.717) is 30.9 Å². The molecular weight excluding hydrogens is 2020 g/mol. The number of carbonyl (C=O) groups is 2. The van der Waals surface area contributed by atoms with Gasteiger partial charge in [0.05, 0.1) is 55.5 Å². The monoisotopic (exact) mass is 2130 g/mol. The Morgan fingerprint density at radius 3 is 1.05 bits per heavy atom. The van der Waals surface area contributed by atoms with Gasteiger partial charge in [0, 0.05) is 18.1 Å². The molecule has 110 heavy (non-hydrogen) atoms. The van der Waals surface area contributed by atoms with Gasteiger partial charge < -0.3 is 56.6 Å². The second kappa shape index (κ2) is 64.5. The average molecular weight is 2130 g/mol. The van der Waals surface area contributed by atoms with Gasteiger partial charge in [0.2, 0.25) is 10.0 Å². The van der Waals surface area contributed by atoms with Crippen molar-refractivity contribution in [3.05, 3.63) is 358 Å². The van der Waals surface area contributed by atoms with E-state index in [9.17, 15) is 26.4 Å². The van der Waals surface area contributed by atoms with E-state index in [4.69, 9.17) is 57.7 Å². The third kappa shape index (κ3) is 41.5. The topological polar surface area (TPSA) is 190 Å². The van der Waals surface area contributed by atoms with Crippen LogP contribution in [0, 0.1) is 29.4 Å².